The van der Waals surface area contributed by atoms with E-state index in [1.807, 2.05) is 84.9 Å². The molecule has 124 valence electrons. The smallest absolute Gasteiger partial charge is 0.306 e. The normalized spacial score (nSPS) is 10.9. The van der Waals surface area contributed by atoms with Crippen LogP contribution in [0.3, 0.4) is 0 Å². The topological polar surface area (TPSA) is 26.3 Å². The molecule has 3 aromatic carbocycles. The van der Waals surface area contributed by atoms with Crippen LogP contribution in [0.5, 0.6) is 0 Å². The van der Waals surface area contributed by atoms with Gasteiger partial charge in [0.1, 0.15) is 5.76 Å². The molecule has 0 N–H and O–H groups in total. The SMILES string of the molecule is C=Cc1ccc(C(=C)OP(=O)(c2ccccc2)c2ccccc2)cc1. The molecule has 0 aliphatic carbocycles. The average molecular weight is 346 g/mol. The molecule has 0 heterocycles. The van der Waals surface area contributed by atoms with Crippen LogP contribution in [0.4, 0.5) is 0 Å². The van der Waals surface area contributed by atoms with Crippen molar-refractivity contribution in [2.75, 3.05) is 0 Å². The lowest BCUT2D eigenvalue weighted by Crippen LogP contribution is -2.17. The Bertz CT molecular complexity index is 870. The largest absolute Gasteiger partial charge is 0.437 e. The second kappa shape index (κ2) is 7.38. The summed E-state index contributed by atoms with van der Waals surface area (Å²) in [5, 5.41) is 1.29. The number of benzene rings is 3. The van der Waals surface area contributed by atoms with E-state index in [4.69, 9.17) is 4.52 Å². The minimum absolute atomic E-state index is 0.381. The minimum atomic E-state index is -3.28. The Labute approximate surface area is 148 Å². The van der Waals surface area contributed by atoms with Crippen molar-refractivity contribution in [3.05, 3.63) is 109 Å². The zero-order chi connectivity index (χ0) is 17.7. The van der Waals surface area contributed by atoms with Crippen LogP contribution in [0, 0.1) is 0 Å². The standard InChI is InChI=1S/C22H19O2P/c1-3-19-14-16-20(17-15-19)18(2)24-25(23,21-10-6-4-7-11-21)22-12-8-5-9-13-22/h3-17H,1-2H2. The third-order valence-corrected chi connectivity index (χ3v) is 6.33. The lowest BCUT2D eigenvalue weighted by atomic mass is 10.1. The van der Waals surface area contributed by atoms with Crippen LogP contribution in [0.1, 0.15) is 11.1 Å². The molecule has 3 heteroatoms. The highest BCUT2D eigenvalue weighted by Gasteiger charge is 2.30. The predicted octanol–water partition coefficient (Wildman–Crippen LogP) is 5.25. The second-order valence-electron chi connectivity index (χ2n) is 5.56. The Morgan fingerprint density at radius 3 is 1.72 bits per heavy atom. The molecule has 0 aliphatic rings. The number of hydrogen-bond donors (Lipinski definition) is 0. The summed E-state index contributed by atoms with van der Waals surface area (Å²) in [6, 6.07) is 26.1. The van der Waals surface area contributed by atoms with E-state index in [1.165, 1.54) is 0 Å². The van der Waals surface area contributed by atoms with Crippen LogP contribution in [-0.4, -0.2) is 0 Å². The van der Waals surface area contributed by atoms with Gasteiger partial charge in [-0.05, 0) is 29.8 Å². The summed E-state index contributed by atoms with van der Waals surface area (Å²) >= 11 is 0. The third-order valence-electron chi connectivity index (χ3n) is 3.90. The van der Waals surface area contributed by atoms with Gasteiger partial charge in [-0.2, -0.15) is 0 Å². The van der Waals surface area contributed by atoms with Crippen LogP contribution in [0.2, 0.25) is 0 Å². The first-order valence-corrected chi connectivity index (χ1v) is 9.58. The van der Waals surface area contributed by atoms with Gasteiger partial charge >= 0.3 is 7.37 Å². The monoisotopic (exact) mass is 346 g/mol. The molecule has 25 heavy (non-hydrogen) atoms. The molecular weight excluding hydrogens is 327 g/mol. The Hall–Kier alpha value is -2.83. The minimum Gasteiger partial charge on any atom is -0.437 e. The summed E-state index contributed by atoms with van der Waals surface area (Å²) in [5.74, 6) is 0.381. The maximum absolute atomic E-state index is 13.8. The van der Waals surface area contributed by atoms with Crippen molar-refractivity contribution in [3.63, 3.8) is 0 Å². The van der Waals surface area contributed by atoms with E-state index in [1.54, 1.807) is 6.08 Å². The second-order valence-corrected chi connectivity index (χ2v) is 7.88. The van der Waals surface area contributed by atoms with Gasteiger partial charge in [0.15, 0.2) is 0 Å². The van der Waals surface area contributed by atoms with Crippen molar-refractivity contribution in [1.29, 1.82) is 0 Å². The lowest BCUT2D eigenvalue weighted by molar-refractivity contribution is 0.482. The Morgan fingerprint density at radius 1 is 0.800 bits per heavy atom. The van der Waals surface area contributed by atoms with Crippen LogP contribution < -0.4 is 10.6 Å². The Balaban J connectivity index is 1.99. The Kier molecular flexibility index (Phi) is 5.02. The fourth-order valence-corrected chi connectivity index (χ4v) is 4.57. The maximum Gasteiger partial charge on any atom is 0.306 e. The summed E-state index contributed by atoms with van der Waals surface area (Å²) in [7, 11) is -3.28. The van der Waals surface area contributed by atoms with Gasteiger partial charge < -0.3 is 4.52 Å². The highest BCUT2D eigenvalue weighted by molar-refractivity contribution is 7.74. The van der Waals surface area contributed by atoms with Crippen molar-refractivity contribution in [2.24, 2.45) is 0 Å². The first kappa shape index (κ1) is 17.0. The summed E-state index contributed by atoms with van der Waals surface area (Å²) in [5.41, 5.74) is 1.79. The first-order chi connectivity index (χ1) is 12.1. The van der Waals surface area contributed by atoms with E-state index >= 15 is 0 Å². The lowest BCUT2D eigenvalue weighted by Gasteiger charge is -2.21. The van der Waals surface area contributed by atoms with Gasteiger partial charge in [0.05, 0.1) is 10.6 Å². The molecule has 0 aromatic heterocycles. The van der Waals surface area contributed by atoms with Crippen molar-refractivity contribution >= 4 is 29.8 Å². The Morgan fingerprint density at radius 2 is 1.28 bits per heavy atom. The van der Waals surface area contributed by atoms with Gasteiger partial charge in [-0.1, -0.05) is 79.9 Å². The van der Waals surface area contributed by atoms with E-state index in [-0.39, 0.29) is 0 Å². The van der Waals surface area contributed by atoms with E-state index in [9.17, 15) is 4.57 Å². The highest BCUT2D eigenvalue weighted by atomic mass is 31.2. The maximum atomic E-state index is 13.8. The molecule has 0 unspecified atom stereocenters. The van der Waals surface area contributed by atoms with Gasteiger partial charge in [-0.3, -0.25) is 4.57 Å². The number of rotatable bonds is 6. The molecule has 3 aromatic rings. The van der Waals surface area contributed by atoms with E-state index < -0.39 is 7.37 Å². The molecule has 3 rings (SSSR count). The zero-order valence-corrected chi connectivity index (χ0v) is 14.7. The highest BCUT2D eigenvalue weighted by Crippen LogP contribution is 2.48. The van der Waals surface area contributed by atoms with E-state index in [0.717, 1.165) is 11.1 Å². The third kappa shape index (κ3) is 3.65. The summed E-state index contributed by atoms with van der Waals surface area (Å²) in [6.07, 6.45) is 1.77. The van der Waals surface area contributed by atoms with Crippen LogP contribution in [0.15, 0.2) is 98.1 Å². The predicted molar refractivity (Wildman–Crippen MR) is 106 cm³/mol. The number of hydrogen-bond acceptors (Lipinski definition) is 2. The fraction of sp³-hybridized carbons (Fsp3) is 0. The molecule has 0 amide bonds. The van der Waals surface area contributed by atoms with Gasteiger partial charge in [-0.15, -0.1) is 0 Å². The molecule has 0 bridgehead atoms. The van der Waals surface area contributed by atoms with Gasteiger partial charge in [0.25, 0.3) is 0 Å². The van der Waals surface area contributed by atoms with Gasteiger partial charge in [-0.25, -0.2) is 0 Å². The van der Waals surface area contributed by atoms with Crippen LogP contribution >= 0.6 is 7.37 Å². The molecule has 0 aliphatic heterocycles. The average Bonchev–Trinajstić information content (AvgIpc) is 2.69. The zero-order valence-electron chi connectivity index (χ0n) is 13.8. The molecule has 0 spiro atoms. The van der Waals surface area contributed by atoms with Crippen LogP contribution in [-0.2, 0) is 9.09 Å². The summed E-state index contributed by atoms with van der Waals surface area (Å²) in [4.78, 5) is 0. The van der Waals surface area contributed by atoms with Crippen molar-refractivity contribution in [3.8, 4) is 0 Å². The molecule has 0 saturated heterocycles. The quantitative estimate of drug-likeness (QED) is 0.450. The van der Waals surface area contributed by atoms with Crippen molar-refractivity contribution < 1.29 is 9.09 Å². The van der Waals surface area contributed by atoms with E-state index in [2.05, 4.69) is 13.2 Å². The van der Waals surface area contributed by atoms with E-state index in [0.29, 0.717) is 16.4 Å². The molecule has 0 fully saturated rings. The molecule has 0 radical (unpaired) electrons. The molecule has 0 saturated carbocycles. The van der Waals surface area contributed by atoms with Crippen molar-refractivity contribution in [1.82, 2.24) is 0 Å². The molecule has 0 atom stereocenters. The fourth-order valence-electron chi connectivity index (χ4n) is 2.52. The first-order valence-electron chi connectivity index (χ1n) is 7.96. The van der Waals surface area contributed by atoms with Gasteiger partial charge in [0, 0.05) is 5.56 Å². The van der Waals surface area contributed by atoms with Crippen molar-refractivity contribution in [2.45, 2.75) is 0 Å². The summed E-state index contributed by atoms with van der Waals surface area (Å²) < 4.78 is 19.8. The molecule has 2 nitrogen and oxygen atoms in total. The van der Waals surface area contributed by atoms with Crippen LogP contribution in [0.25, 0.3) is 11.8 Å². The summed E-state index contributed by atoms with van der Waals surface area (Å²) in [6.45, 7) is 7.74. The molecular formula is C22H19O2P. The van der Waals surface area contributed by atoms with Gasteiger partial charge in [0.2, 0.25) is 0 Å².